The van der Waals surface area contributed by atoms with Crippen LogP contribution in [0.4, 0.5) is 0 Å². The highest BCUT2D eigenvalue weighted by Crippen LogP contribution is 2.10. The third kappa shape index (κ3) is 4.86. The Morgan fingerprint density at radius 1 is 1.50 bits per heavy atom. The molecule has 1 atom stereocenters. The fourth-order valence-corrected chi connectivity index (χ4v) is 1.75. The molecule has 0 radical (unpaired) electrons. The number of ether oxygens (including phenoxy) is 1. The maximum Gasteiger partial charge on any atom is 0.253 e. The van der Waals surface area contributed by atoms with Crippen LogP contribution in [0.25, 0.3) is 0 Å². The smallest absolute Gasteiger partial charge is 0.253 e. The van der Waals surface area contributed by atoms with Crippen molar-refractivity contribution in [1.82, 2.24) is 15.5 Å². The van der Waals surface area contributed by atoms with Crippen LogP contribution in [0.3, 0.4) is 0 Å². The zero-order chi connectivity index (χ0) is 15.2. The molecule has 0 fully saturated rings. The summed E-state index contributed by atoms with van der Waals surface area (Å²) < 4.78 is 4.93. The van der Waals surface area contributed by atoms with Gasteiger partial charge >= 0.3 is 0 Å². The molecule has 0 saturated heterocycles. The van der Waals surface area contributed by atoms with E-state index in [1.54, 1.807) is 27.0 Å². The van der Waals surface area contributed by atoms with Gasteiger partial charge in [0.25, 0.3) is 5.91 Å². The average molecular weight is 281 g/mol. The van der Waals surface area contributed by atoms with Crippen molar-refractivity contribution in [3.8, 4) is 0 Å². The summed E-state index contributed by atoms with van der Waals surface area (Å²) in [6.07, 6.45) is 1.09. The van der Waals surface area contributed by atoms with Gasteiger partial charge in [0.2, 0.25) is 0 Å². The summed E-state index contributed by atoms with van der Waals surface area (Å²) in [5.74, 6) is -0.238. The second kappa shape index (κ2) is 7.31. The molecule has 1 rings (SSSR count). The Balaban J connectivity index is 2.69. The molecule has 20 heavy (non-hydrogen) atoms. The van der Waals surface area contributed by atoms with Crippen molar-refractivity contribution in [2.45, 2.75) is 39.2 Å². The monoisotopic (exact) mass is 281 g/mol. The van der Waals surface area contributed by atoms with Crippen LogP contribution in [0.2, 0.25) is 0 Å². The van der Waals surface area contributed by atoms with Gasteiger partial charge in [-0.25, -0.2) is 0 Å². The normalized spacial score (nSPS) is 13.8. The van der Waals surface area contributed by atoms with Crippen LogP contribution in [0.1, 0.15) is 42.0 Å². The van der Waals surface area contributed by atoms with Crippen LogP contribution in [0, 0.1) is 6.92 Å². The lowest BCUT2D eigenvalue weighted by molar-refractivity contribution is 0.0243. The third-order valence-electron chi connectivity index (χ3n) is 3.05. The molecule has 0 bridgehead atoms. The van der Waals surface area contributed by atoms with E-state index in [9.17, 15) is 9.90 Å². The molecular formula is C14H23N3O3. The van der Waals surface area contributed by atoms with E-state index in [2.05, 4.69) is 15.5 Å². The predicted octanol–water partition coefficient (Wildman–Crippen LogP) is 0.865. The molecule has 0 aromatic carbocycles. The Kier molecular flexibility index (Phi) is 6.04. The first-order valence-electron chi connectivity index (χ1n) is 6.72. The van der Waals surface area contributed by atoms with E-state index in [4.69, 9.17) is 4.74 Å². The highest BCUT2D eigenvalue weighted by Gasteiger charge is 2.22. The van der Waals surface area contributed by atoms with Crippen molar-refractivity contribution >= 4 is 5.91 Å². The lowest BCUT2D eigenvalue weighted by atomic mass is 10.0. The zero-order valence-electron chi connectivity index (χ0n) is 12.6. The van der Waals surface area contributed by atoms with Crippen LogP contribution in [-0.2, 0) is 11.2 Å². The van der Waals surface area contributed by atoms with Crippen molar-refractivity contribution in [1.29, 1.82) is 0 Å². The molecule has 112 valence electrons. The van der Waals surface area contributed by atoms with Crippen LogP contribution in [0.15, 0.2) is 6.07 Å². The Bertz CT molecular complexity index is 461. The highest BCUT2D eigenvalue weighted by atomic mass is 16.5. The molecule has 1 amide bonds. The van der Waals surface area contributed by atoms with E-state index in [0.717, 1.165) is 0 Å². The van der Waals surface area contributed by atoms with Crippen LogP contribution in [-0.4, -0.2) is 47.1 Å². The molecule has 0 spiro atoms. The SMILES string of the molecule is CCc1nnc(C)cc1C(=O)NCC(C)(O)CCOC. The number of carbonyl (C=O) groups is 1. The molecule has 0 aliphatic rings. The fourth-order valence-electron chi connectivity index (χ4n) is 1.75. The first-order chi connectivity index (χ1) is 9.39. The average Bonchev–Trinajstić information content (AvgIpc) is 2.42. The fraction of sp³-hybridized carbons (Fsp3) is 0.643. The number of carbonyl (C=O) groups excluding carboxylic acids is 1. The van der Waals surface area contributed by atoms with E-state index < -0.39 is 5.60 Å². The van der Waals surface area contributed by atoms with E-state index in [0.29, 0.717) is 36.4 Å². The van der Waals surface area contributed by atoms with Crippen LogP contribution < -0.4 is 5.32 Å². The molecule has 0 aliphatic heterocycles. The molecular weight excluding hydrogens is 258 g/mol. The van der Waals surface area contributed by atoms with Crippen LogP contribution in [0.5, 0.6) is 0 Å². The Morgan fingerprint density at radius 3 is 2.80 bits per heavy atom. The quantitative estimate of drug-likeness (QED) is 0.774. The number of aryl methyl sites for hydroxylation is 2. The predicted molar refractivity (Wildman–Crippen MR) is 75.6 cm³/mol. The number of amides is 1. The van der Waals surface area contributed by atoms with Gasteiger partial charge in [-0.3, -0.25) is 4.79 Å². The summed E-state index contributed by atoms with van der Waals surface area (Å²) in [6.45, 7) is 5.99. The molecule has 6 heteroatoms. The number of nitrogens with zero attached hydrogens (tertiary/aromatic N) is 2. The Morgan fingerprint density at radius 2 is 2.20 bits per heavy atom. The van der Waals surface area contributed by atoms with Gasteiger partial charge in [-0.15, -0.1) is 0 Å². The second-order valence-electron chi connectivity index (χ2n) is 5.12. The number of nitrogens with one attached hydrogen (secondary N) is 1. The zero-order valence-corrected chi connectivity index (χ0v) is 12.6. The van der Waals surface area contributed by atoms with Gasteiger partial charge in [0, 0.05) is 26.7 Å². The van der Waals surface area contributed by atoms with Gasteiger partial charge in [0.1, 0.15) is 0 Å². The standard InChI is InChI=1S/C14H23N3O3/c1-5-12-11(8-10(2)16-17-12)13(18)15-9-14(3,19)6-7-20-4/h8,19H,5-7,9H2,1-4H3,(H,15,18). The number of methoxy groups -OCH3 is 1. The maximum atomic E-state index is 12.2. The topological polar surface area (TPSA) is 84.3 Å². The van der Waals surface area contributed by atoms with Gasteiger partial charge in [-0.2, -0.15) is 10.2 Å². The minimum Gasteiger partial charge on any atom is -0.388 e. The van der Waals surface area contributed by atoms with Gasteiger partial charge in [0.15, 0.2) is 0 Å². The molecule has 6 nitrogen and oxygen atoms in total. The molecule has 2 N–H and O–H groups in total. The third-order valence-corrected chi connectivity index (χ3v) is 3.05. The molecule has 1 aromatic rings. The lowest BCUT2D eigenvalue weighted by Gasteiger charge is -2.23. The molecule has 1 heterocycles. The van der Waals surface area contributed by atoms with Crippen molar-refractivity contribution in [3.63, 3.8) is 0 Å². The minimum atomic E-state index is -0.993. The summed E-state index contributed by atoms with van der Waals surface area (Å²) in [4.78, 5) is 12.2. The number of aliphatic hydroxyl groups is 1. The largest absolute Gasteiger partial charge is 0.388 e. The number of hydrogen-bond donors (Lipinski definition) is 2. The maximum absolute atomic E-state index is 12.2. The number of aromatic nitrogens is 2. The summed E-state index contributed by atoms with van der Waals surface area (Å²) in [5.41, 5.74) is 0.874. The lowest BCUT2D eigenvalue weighted by Crippen LogP contribution is -2.41. The van der Waals surface area contributed by atoms with Crippen LogP contribution >= 0.6 is 0 Å². The number of hydrogen-bond acceptors (Lipinski definition) is 5. The van der Waals surface area contributed by atoms with E-state index in [-0.39, 0.29) is 12.5 Å². The minimum absolute atomic E-state index is 0.166. The molecule has 1 unspecified atom stereocenters. The van der Waals surface area contributed by atoms with Gasteiger partial charge in [-0.1, -0.05) is 6.92 Å². The van der Waals surface area contributed by atoms with Gasteiger partial charge in [-0.05, 0) is 26.3 Å². The van der Waals surface area contributed by atoms with Crippen molar-refractivity contribution < 1.29 is 14.6 Å². The summed E-state index contributed by atoms with van der Waals surface area (Å²) in [6, 6.07) is 1.71. The van der Waals surface area contributed by atoms with E-state index >= 15 is 0 Å². The van der Waals surface area contributed by atoms with E-state index in [1.165, 1.54) is 0 Å². The van der Waals surface area contributed by atoms with Crippen molar-refractivity contribution in [2.24, 2.45) is 0 Å². The van der Waals surface area contributed by atoms with Crippen molar-refractivity contribution in [3.05, 3.63) is 23.0 Å². The van der Waals surface area contributed by atoms with Gasteiger partial charge in [0.05, 0.1) is 22.6 Å². The molecule has 0 aliphatic carbocycles. The number of rotatable bonds is 7. The summed E-state index contributed by atoms with van der Waals surface area (Å²) in [5, 5.41) is 20.8. The molecule has 0 saturated carbocycles. The second-order valence-corrected chi connectivity index (χ2v) is 5.12. The van der Waals surface area contributed by atoms with E-state index in [1.807, 2.05) is 6.92 Å². The Labute approximate surface area is 119 Å². The Hall–Kier alpha value is -1.53. The first-order valence-corrected chi connectivity index (χ1v) is 6.72. The van der Waals surface area contributed by atoms with Crippen molar-refractivity contribution in [2.75, 3.05) is 20.3 Å². The summed E-state index contributed by atoms with van der Waals surface area (Å²) >= 11 is 0. The molecule has 1 aromatic heterocycles. The summed E-state index contributed by atoms with van der Waals surface area (Å²) in [7, 11) is 1.58. The van der Waals surface area contributed by atoms with Gasteiger partial charge < -0.3 is 15.2 Å². The first kappa shape index (κ1) is 16.5. The highest BCUT2D eigenvalue weighted by molar-refractivity contribution is 5.95.